The van der Waals surface area contributed by atoms with Gasteiger partial charge < -0.3 is 10.1 Å². The van der Waals surface area contributed by atoms with Gasteiger partial charge >= 0.3 is 0 Å². The Balaban J connectivity index is 1.39. The second-order valence-corrected chi connectivity index (χ2v) is 8.84. The van der Waals surface area contributed by atoms with Crippen LogP contribution in [0, 0.1) is 22.0 Å². The highest BCUT2D eigenvalue weighted by molar-refractivity contribution is 6.36. The molecule has 3 aliphatic heterocycles. The fraction of sp³-hybridized carbons (Fsp3) is 0.227. The number of imide groups is 1. The predicted octanol–water partition coefficient (Wildman–Crippen LogP) is 3.14. The van der Waals surface area contributed by atoms with E-state index in [0.717, 1.165) is 4.90 Å². The third-order valence-electron chi connectivity index (χ3n) is 6.17. The minimum Gasteiger partial charge on any atom is -0.360 e. The molecule has 1 N–H and O–H groups in total. The number of nitrogens with one attached hydrogen (secondary N) is 1. The highest BCUT2D eigenvalue weighted by Crippen LogP contribution is 2.52. The first kappa shape index (κ1) is 21.6. The van der Waals surface area contributed by atoms with Crippen molar-refractivity contribution in [2.75, 3.05) is 11.4 Å². The first-order valence-electron chi connectivity index (χ1n) is 9.94. The Morgan fingerprint density at radius 3 is 2.55 bits per heavy atom. The fourth-order valence-electron chi connectivity index (χ4n) is 4.67. The van der Waals surface area contributed by atoms with Crippen LogP contribution >= 0.6 is 23.2 Å². The Bertz CT molecular complexity index is 1250. The van der Waals surface area contributed by atoms with Gasteiger partial charge in [0, 0.05) is 17.2 Å². The van der Waals surface area contributed by atoms with Crippen molar-refractivity contribution in [3.63, 3.8) is 0 Å². The van der Waals surface area contributed by atoms with Gasteiger partial charge in [0.2, 0.25) is 11.8 Å². The number of nitrogens with zero attached hydrogens (tertiary/aromatic N) is 2. The number of hydrogen-bond acceptors (Lipinski definition) is 6. The number of anilines is 1. The first-order chi connectivity index (χ1) is 15.7. The second-order valence-electron chi connectivity index (χ2n) is 7.99. The number of non-ortho nitro benzene ring substituents is 1. The average molecular weight is 488 g/mol. The molecule has 0 saturated carbocycles. The minimum absolute atomic E-state index is 0.0495. The van der Waals surface area contributed by atoms with Crippen LogP contribution in [0.4, 0.5) is 11.4 Å². The molecule has 9 nitrogen and oxygen atoms in total. The minimum atomic E-state index is -1.19. The van der Waals surface area contributed by atoms with Crippen molar-refractivity contribution < 1.29 is 24.0 Å². The van der Waals surface area contributed by atoms with Crippen LogP contribution in [-0.4, -0.2) is 40.9 Å². The van der Waals surface area contributed by atoms with Gasteiger partial charge in [0.1, 0.15) is 5.60 Å². The predicted molar refractivity (Wildman–Crippen MR) is 118 cm³/mol. The topological polar surface area (TPSA) is 119 Å². The van der Waals surface area contributed by atoms with E-state index in [1.807, 2.05) is 0 Å². The molecule has 168 valence electrons. The lowest BCUT2D eigenvalue weighted by atomic mass is 9.77. The van der Waals surface area contributed by atoms with Crippen LogP contribution in [0.2, 0.25) is 10.0 Å². The third kappa shape index (κ3) is 3.31. The van der Waals surface area contributed by atoms with E-state index >= 15 is 0 Å². The maximum atomic E-state index is 13.3. The molecule has 0 aromatic heterocycles. The van der Waals surface area contributed by atoms with E-state index in [1.54, 1.807) is 12.2 Å². The molecule has 2 bridgehead atoms. The van der Waals surface area contributed by atoms with E-state index < -0.39 is 46.2 Å². The molecule has 0 unspecified atom stereocenters. The lowest BCUT2D eigenvalue weighted by molar-refractivity contribution is -0.384. The van der Waals surface area contributed by atoms with Gasteiger partial charge in [-0.15, -0.1) is 0 Å². The number of rotatable bonds is 5. The van der Waals surface area contributed by atoms with Gasteiger partial charge in [0.25, 0.3) is 11.6 Å². The maximum Gasteiger partial charge on any atom is 0.269 e. The van der Waals surface area contributed by atoms with E-state index in [9.17, 15) is 24.5 Å². The summed E-state index contributed by atoms with van der Waals surface area (Å²) in [6.45, 7) is -0.0495. The van der Waals surface area contributed by atoms with Gasteiger partial charge in [-0.25, -0.2) is 4.90 Å². The standard InChI is InChI=1S/C22H15Cl2N3O6/c23-11-1-6-14(15(24)9-11)19(28)25-10-22-8-7-16(33-22)17-18(22)21(30)26(20(17)29)12-2-4-13(5-3-12)27(31)32/h1-9,16-18H,10H2,(H,25,28)/t16-,17+,18-,22+/m0/s1. The molecule has 11 heteroatoms. The van der Waals surface area contributed by atoms with E-state index in [4.69, 9.17) is 27.9 Å². The molecule has 2 aromatic rings. The molecule has 3 amide bonds. The quantitative estimate of drug-likeness (QED) is 0.299. The van der Waals surface area contributed by atoms with Crippen LogP contribution in [-0.2, 0) is 14.3 Å². The van der Waals surface area contributed by atoms with E-state index in [2.05, 4.69) is 5.32 Å². The lowest BCUT2D eigenvalue weighted by Crippen LogP contribution is -2.48. The maximum absolute atomic E-state index is 13.3. The van der Waals surface area contributed by atoms with Gasteiger partial charge in [0.05, 0.1) is 45.7 Å². The summed E-state index contributed by atoms with van der Waals surface area (Å²) in [6.07, 6.45) is 2.81. The Morgan fingerprint density at radius 1 is 1.15 bits per heavy atom. The molecule has 5 rings (SSSR count). The zero-order chi connectivity index (χ0) is 23.5. The SMILES string of the molecule is O=C(NC[C@@]12C=C[C@H](O1)[C@H]1C(=O)N(c3ccc([N+](=O)[O-])cc3)C(=O)[C@H]12)c1ccc(Cl)cc1Cl. The van der Waals surface area contributed by atoms with Crippen molar-refractivity contribution in [1.82, 2.24) is 5.32 Å². The summed E-state index contributed by atoms with van der Waals surface area (Å²) in [4.78, 5) is 50.5. The summed E-state index contributed by atoms with van der Waals surface area (Å²) in [6, 6.07) is 9.67. The second kappa shape index (κ2) is 7.65. The highest BCUT2D eigenvalue weighted by Gasteiger charge is 2.67. The summed E-state index contributed by atoms with van der Waals surface area (Å²) in [5.74, 6) is -2.98. The fourth-order valence-corrected chi connectivity index (χ4v) is 5.17. The molecule has 0 aliphatic carbocycles. The van der Waals surface area contributed by atoms with Gasteiger partial charge in [-0.2, -0.15) is 0 Å². The van der Waals surface area contributed by atoms with E-state index in [0.29, 0.717) is 5.02 Å². The Hall–Kier alpha value is -3.27. The van der Waals surface area contributed by atoms with Crippen LogP contribution < -0.4 is 10.2 Å². The molecule has 4 atom stereocenters. The summed E-state index contributed by atoms with van der Waals surface area (Å²) < 4.78 is 6.00. The largest absolute Gasteiger partial charge is 0.360 e. The van der Waals surface area contributed by atoms with E-state index in [1.165, 1.54) is 42.5 Å². The molecule has 3 heterocycles. The van der Waals surface area contributed by atoms with E-state index in [-0.39, 0.29) is 28.5 Å². The molecule has 2 aromatic carbocycles. The van der Waals surface area contributed by atoms with Crippen LogP contribution in [0.3, 0.4) is 0 Å². The van der Waals surface area contributed by atoms with Crippen LogP contribution in [0.5, 0.6) is 0 Å². The molecule has 0 radical (unpaired) electrons. The summed E-state index contributed by atoms with van der Waals surface area (Å²) >= 11 is 12.0. The molecule has 3 aliphatic rings. The van der Waals surface area contributed by atoms with Crippen molar-refractivity contribution in [2.24, 2.45) is 11.8 Å². The summed E-state index contributed by atoms with van der Waals surface area (Å²) in [5.41, 5.74) is -0.877. The number of halogens is 2. The Kier molecular flexibility index (Phi) is 5.00. The smallest absolute Gasteiger partial charge is 0.269 e. The number of carbonyl (C=O) groups excluding carboxylic acids is 3. The van der Waals surface area contributed by atoms with Crippen molar-refractivity contribution in [3.8, 4) is 0 Å². The molecule has 2 saturated heterocycles. The van der Waals surface area contributed by atoms with Crippen LogP contribution in [0.25, 0.3) is 0 Å². The summed E-state index contributed by atoms with van der Waals surface area (Å²) in [7, 11) is 0. The number of benzene rings is 2. The Labute approximate surface area is 197 Å². The van der Waals surface area contributed by atoms with Crippen molar-refractivity contribution in [3.05, 3.63) is 80.3 Å². The lowest BCUT2D eigenvalue weighted by Gasteiger charge is -2.29. The zero-order valence-corrected chi connectivity index (χ0v) is 18.2. The first-order valence-corrected chi connectivity index (χ1v) is 10.7. The number of ether oxygens (including phenoxy) is 1. The normalized spacial score (nSPS) is 27.2. The van der Waals surface area contributed by atoms with Gasteiger partial charge in [-0.3, -0.25) is 24.5 Å². The average Bonchev–Trinajstić information content (AvgIpc) is 3.42. The number of carbonyl (C=O) groups is 3. The van der Waals surface area contributed by atoms with Gasteiger partial charge in [-0.1, -0.05) is 35.4 Å². The number of amides is 3. The van der Waals surface area contributed by atoms with Crippen molar-refractivity contribution >= 4 is 52.3 Å². The number of hydrogen-bond donors (Lipinski definition) is 1. The van der Waals surface area contributed by atoms with Crippen LogP contribution in [0.1, 0.15) is 10.4 Å². The molecule has 33 heavy (non-hydrogen) atoms. The number of nitro groups is 1. The van der Waals surface area contributed by atoms with Crippen LogP contribution in [0.15, 0.2) is 54.6 Å². The highest BCUT2D eigenvalue weighted by atomic mass is 35.5. The molecular formula is C22H15Cl2N3O6. The number of nitro benzene ring substituents is 1. The summed E-state index contributed by atoms with van der Waals surface area (Å²) in [5, 5.41) is 14.2. The van der Waals surface area contributed by atoms with Crippen molar-refractivity contribution in [1.29, 1.82) is 0 Å². The molecule has 0 spiro atoms. The monoisotopic (exact) mass is 487 g/mol. The van der Waals surface area contributed by atoms with Crippen molar-refractivity contribution in [2.45, 2.75) is 11.7 Å². The third-order valence-corrected chi connectivity index (χ3v) is 6.72. The molecule has 2 fully saturated rings. The zero-order valence-electron chi connectivity index (χ0n) is 16.7. The number of fused-ring (bicyclic) bond motifs is 5. The molecular weight excluding hydrogens is 473 g/mol. The van der Waals surface area contributed by atoms with Gasteiger partial charge in [0.15, 0.2) is 0 Å². The Morgan fingerprint density at radius 2 is 1.88 bits per heavy atom. The van der Waals surface area contributed by atoms with Gasteiger partial charge in [-0.05, 0) is 30.3 Å².